The van der Waals surface area contributed by atoms with Crippen LogP contribution in [0, 0.1) is 5.92 Å². The molecule has 2 aliphatic rings. The summed E-state index contributed by atoms with van der Waals surface area (Å²) in [7, 11) is 0. The number of hydrogen-bond acceptors (Lipinski definition) is 3. The Kier molecular flexibility index (Phi) is 6.37. The summed E-state index contributed by atoms with van der Waals surface area (Å²) in [5, 5.41) is 2.35. The quantitative estimate of drug-likeness (QED) is 0.477. The van der Waals surface area contributed by atoms with E-state index in [4.69, 9.17) is 0 Å². The molecule has 4 nitrogen and oxygen atoms in total. The van der Waals surface area contributed by atoms with Crippen LogP contribution in [0.5, 0.6) is 0 Å². The summed E-state index contributed by atoms with van der Waals surface area (Å²) in [5.41, 5.74) is 4.46. The molecule has 0 atom stereocenters. The van der Waals surface area contributed by atoms with Crippen LogP contribution in [0.3, 0.4) is 0 Å². The van der Waals surface area contributed by atoms with Crippen LogP contribution in [0.4, 0.5) is 11.4 Å². The molecule has 33 heavy (non-hydrogen) atoms. The number of carbonyl (C=O) groups is 1. The SMILES string of the molecule is CC(C)CCN1CCCN(c2ccc3c4c(cccc24)C(=O)N3CCc2ccccc2)CC1. The van der Waals surface area contributed by atoms with E-state index in [1.165, 1.54) is 42.6 Å². The third-order valence-electron chi connectivity index (χ3n) is 7.18. The maximum Gasteiger partial charge on any atom is 0.259 e. The highest BCUT2D eigenvalue weighted by atomic mass is 16.2. The predicted octanol–water partition coefficient (Wildman–Crippen LogP) is 5.60. The zero-order valence-electron chi connectivity index (χ0n) is 20.0. The van der Waals surface area contributed by atoms with Gasteiger partial charge in [-0.25, -0.2) is 0 Å². The highest BCUT2D eigenvalue weighted by Gasteiger charge is 2.31. The van der Waals surface area contributed by atoms with Crippen LogP contribution in [0.25, 0.3) is 10.8 Å². The topological polar surface area (TPSA) is 26.8 Å². The van der Waals surface area contributed by atoms with Gasteiger partial charge in [-0.05, 0) is 62.0 Å². The molecule has 0 aromatic heterocycles. The van der Waals surface area contributed by atoms with Crippen molar-refractivity contribution in [3.05, 3.63) is 71.8 Å². The Morgan fingerprint density at radius 3 is 2.45 bits per heavy atom. The maximum absolute atomic E-state index is 13.3. The summed E-state index contributed by atoms with van der Waals surface area (Å²) in [6.45, 7) is 10.9. The lowest BCUT2D eigenvalue weighted by Gasteiger charge is -2.26. The molecule has 1 amide bonds. The first kappa shape index (κ1) is 22.0. The average Bonchev–Trinajstić information content (AvgIpc) is 2.97. The molecular formula is C29H35N3O. The van der Waals surface area contributed by atoms with Crippen molar-refractivity contribution in [2.45, 2.75) is 33.1 Å². The van der Waals surface area contributed by atoms with Crippen LogP contribution in [0.15, 0.2) is 60.7 Å². The summed E-state index contributed by atoms with van der Waals surface area (Å²) in [6, 6.07) is 21.1. The van der Waals surface area contributed by atoms with E-state index in [2.05, 4.69) is 72.2 Å². The minimum Gasteiger partial charge on any atom is -0.370 e. The van der Waals surface area contributed by atoms with Crippen LogP contribution in [0.1, 0.15) is 42.6 Å². The van der Waals surface area contributed by atoms with Crippen molar-refractivity contribution in [1.29, 1.82) is 0 Å². The molecule has 2 heterocycles. The van der Waals surface area contributed by atoms with E-state index in [0.29, 0.717) is 6.54 Å². The number of rotatable bonds is 7. The van der Waals surface area contributed by atoms with Gasteiger partial charge in [0.2, 0.25) is 0 Å². The van der Waals surface area contributed by atoms with Crippen molar-refractivity contribution < 1.29 is 4.79 Å². The summed E-state index contributed by atoms with van der Waals surface area (Å²) >= 11 is 0. The molecule has 0 unspecified atom stereocenters. The van der Waals surface area contributed by atoms with E-state index in [-0.39, 0.29) is 5.91 Å². The van der Waals surface area contributed by atoms with Gasteiger partial charge in [0, 0.05) is 48.2 Å². The van der Waals surface area contributed by atoms with Crippen molar-refractivity contribution in [2.75, 3.05) is 49.1 Å². The molecule has 2 aliphatic heterocycles. The molecular weight excluding hydrogens is 406 g/mol. The van der Waals surface area contributed by atoms with Gasteiger partial charge in [-0.3, -0.25) is 4.79 Å². The first-order valence-corrected chi connectivity index (χ1v) is 12.5. The van der Waals surface area contributed by atoms with Crippen molar-refractivity contribution in [3.8, 4) is 0 Å². The van der Waals surface area contributed by atoms with Crippen molar-refractivity contribution in [3.63, 3.8) is 0 Å². The van der Waals surface area contributed by atoms with Crippen LogP contribution < -0.4 is 9.80 Å². The number of hydrogen-bond donors (Lipinski definition) is 0. The van der Waals surface area contributed by atoms with Crippen molar-refractivity contribution in [1.82, 2.24) is 4.90 Å². The van der Waals surface area contributed by atoms with Crippen molar-refractivity contribution in [2.24, 2.45) is 5.92 Å². The first-order valence-electron chi connectivity index (χ1n) is 12.5. The molecule has 0 aliphatic carbocycles. The summed E-state index contributed by atoms with van der Waals surface area (Å²) in [6.07, 6.45) is 3.31. The van der Waals surface area contributed by atoms with Crippen molar-refractivity contribution >= 4 is 28.1 Å². The first-order chi connectivity index (χ1) is 16.1. The molecule has 1 saturated heterocycles. The number of carbonyl (C=O) groups excluding carboxylic acids is 1. The van der Waals surface area contributed by atoms with Crippen LogP contribution >= 0.6 is 0 Å². The molecule has 0 radical (unpaired) electrons. The van der Waals surface area contributed by atoms with Crippen LogP contribution in [-0.2, 0) is 6.42 Å². The molecule has 0 bridgehead atoms. The molecule has 3 aromatic carbocycles. The molecule has 0 saturated carbocycles. The fraction of sp³-hybridized carbons (Fsp3) is 0.414. The number of amides is 1. The fourth-order valence-corrected chi connectivity index (χ4v) is 5.29. The Bertz CT molecular complexity index is 1120. The molecule has 3 aromatic rings. The van der Waals surface area contributed by atoms with Gasteiger partial charge in [0.1, 0.15) is 0 Å². The normalized spacial score (nSPS) is 16.8. The minimum atomic E-state index is 0.138. The summed E-state index contributed by atoms with van der Waals surface area (Å²) in [5.74, 6) is 0.891. The van der Waals surface area contributed by atoms with E-state index in [0.717, 1.165) is 48.6 Å². The van der Waals surface area contributed by atoms with E-state index in [9.17, 15) is 4.79 Å². The van der Waals surface area contributed by atoms with Gasteiger partial charge < -0.3 is 14.7 Å². The number of anilines is 2. The van der Waals surface area contributed by atoms with E-state index in [1.54, 1.807) is 0 Å². The Balaban J connectivity index is 1.39. The third-order valence-corrected chi connectivity index (χ3v) is 7.18. The van der Waals surface area contributed by atoms with Gasteiger partial charge in [-0.2, -0.15) is 0 Å². The number of benzene rings is 3. The highest BCUT2D eigenvalue weighted by molar-refractivity contribution is 6.26. The Morgan fingerprint density at radius 2 is 1.64 bits per heavy atom. The Labute approximate surface area is 197 Å². The van der Waals surface area contributed by atoms with Gasteiger partial charge in [0.15, 0.2) is 0 Å². The average molecular weight is 442 g/mol. The largest absolute Gasteiger partial charge is 0.370 e. The second-order valence-electron chi connectivity index (χ2n) is 9.89. The molecule has 5 rings (SSSR count). The molecule has 172 valence electrons. The van der Waals surface area contributed by atoms with Gasteiger partial charge >= 0.3 is 0 Å². The zero-order valence-corrected chi connectivity index (χ0v) is 20.0. The lowest BCUT2D eigenvalue weighted by Crippen LogP contribution is -2.32. The number of nitrogens with zero attached hydrogens (tertiary/aromatic N) is 3. The Morgan fingerprint density at radius 1 is 0.818 bits per heavy atom. The van der Waals surface area contributed by atoms with Gasteiger partial charge in [0.05, 0.1) is 5.69 Å². The molecule has 0 N–H and O–H groups in total. The summed E-state index contributed by atoms with van der Waals surface area (Å²) in [4.78, 5) is 20.5. The second kappa shape index (κ2) is 9.56. The Hall–Kier alpha value is -2.85. The highest BCUT2D eigenvalue weighted by Crippen LogP contribution is 2.41. The summed E-state index contributed by atoms with van der Waals surface area (Å²) < 4.78 is 0. The van der Waals surface area contributed by atoms with Crippen LogP contribution in [-0.4, -0.2) is 50.1 Å². The smallest absolute Gasteiger partial charge is 0.259 e. The third kappa shape index (κ3) is 4.49. The zero-order chi connectivity index (χ0) is 22.8. The predicted molar refractivity (Wildman–Crippen MR) is 138 cm³/mol. The fourth-order valence-electron chi connectivity index (χ4n) is 5.29. The molecule has 1 fully saturated rings. The van der Waals surface area contributed by atoms with Crippen LogP contribution in [0.2, 0.25) is 0 Å². The monoisotopic (exact) mass is 441 g/mol. The van der Waals surface area contributed by atoms with Gasteiger partial charge in [0.25, 0.3) is 5.91 Å². The van der Waals surface area contributed by atoms with Gasteiger partial charge in [-0.1, -0.05) is 56.3 Å². The second-order valence-corrected chi connectivity index (χ2v) is 9.89. The lowest BCUT2D eigenvalue weighted by atomic mass is 10.0. The maximum atomic E-state index is 13.3. The van der Waals surface area contributed by atoms with E-state index in [1.807, 2.05) is 17.0 Å². The minimum absolute atomic E-state index is 0.138. The van der Waals surface area contributed by atoms with E-state index < -0.39 is 0 Å². The van der Waals surface area contributed by atoms with E-state index >= 15 is 0 Å². The molecule has 4 heteroatoms. The van der Waals surface area contributed by atoms with Gasteiger partial charge in [-0.15, -0.1) is 0 Å². The lowest BCUT2D eigenvalue weighted by molar-refractivity contribution is 0.0993. The standard InChI is InChI=1S/C29H35N3O/c1-22(2)14-18-30-16-7-17-31(21-20-30)26-12-13-27-28-24(26)10-6-11-25(28)29(33)32(27)19-15-23-8-4-3-5-9-23/h3-6,8-13,22H,7,14-21H2,1-2H3. The molecule has 0 spiro atoms.